The highest BCUT2D eigenvalue weighted by Gasteiger charge is 2.32. The maximum absolute atomic E-state index is 9.63. The van der Waals surface area contributed by atoms with E-state index >= 15 is 0 Å². The van der Waals surface area contributed by atoms with Gasteiger partial charge in [0.05, 0.1) is 17.8 Å². The van der Waals surface area contributed by atoms with Crippen molar-refractivity contribution >= 4 is 11.5 Å². The molecule has 0 amide bonds. The number of aliphatic hydroxyl groups excluding tert-OH is 1. The molecule has 1 aliphatic carbocycles. The summed E-state index contributed by atoms with van der Waals surface area (Å²) in [4.78, 5) is 4.28. The summed E-state index contributed by atoms with van der Waals surface area (Å²) < 4.78 is 0. The molecule has 0 radical (unpaired) electrons. The largest absolute Gasteiger partial charge is 0.396 e. The van der Waals surface area contributed by atoms with Crippen LogP contribution >= 0.6 is 0 Å². The summed E-state index contributed by atoms with van der Waals surface area (Å²) in [6, 6.07) is 1.90. The molecular formula is C13H21N3O. The highest BCUT2D eigenvalue weighted by atomic mass is 16.3. The molecule has 17 heavy (non-hydrogen) atoms. The molecule has 1 aromatic rings. The van der Waals surface area contributed by atoms with Gasteiger partial charge in [0.2, 0.25) is 0 Å². The molecule has 1 heterocycles. The Morgan fingerprint density at radius 2 is 2.12 bits per heavy atom. The highest BCUT2D eigenvalue weighted by Crippen LogP contribution is 2.32. The van der Waals surface area contributed by atoms with E-state index in [2.05, 4.69) is 10.3 Å². The van der Waals surface area contributed by atoms with Crippen LogP contribution < -0.4 is 11.1 Å². The molecule has 1 aliphatic rings. The Kier molecular flexibility index (Phi) is 3.52. The van der Waals surface area contributed by atoms with Gasteiger partial charge in [0, 0.05) is 6.20 Å². The van der Waals surface area contributed by atoms with Crippen LogP contribution in [0.1, 0.15) is 37.7 Å². The van der Waals surface area contributed by atoms with E-state index < -0.39 is 0 Å². The van der Waals surface area contributed by atoms with Gasteiger partial charge in [-0.05, 0) is 31.4 Å². The van der Waals surface area contributed by atoms with Crippen LogP contribution in [0.15, 0.2) is 12.3 Å². The fraction of sp³-hybridized carbons (Fsp3) is 0.615. The SMILES string of the molecule is Cc1ccnc(NC2(CO)CCCCC2)c1N. The molecule has 0 aliphatic heterocycles. The van der Waals surface area contributed by atoms with Crippen molar-refractivity contribution in [3.8, 4) is 0 Å². The quantitative estimate of drug-likeness (QED) is 0.750. The number of nitrogens with two attached hydrogens (primary N) is 1. The van der Waals surface area contributed by atoms with Crippen molar-refractivity contribution in [3.05, 3.63) is 17.8 Å². The van der Waals surface area contributed by atoms with Crippen LogP contribution in [-0.2, 0) is 0 Å². The molecule has 0 saturated heterocycles. The Morgan fingerprint density at radius 1 is 1.41 bits per heavy atom. The summed E-state index contributed by atoms with van der Waals surface area (Å²) in [5.74, 6) is 0.709. The van der Waals surface area contributed by atoms with Crippen LogP contribution in [0, 0.1) is 6.92 Å². The monoisotopic (exact) mass is 235 g/mol. The number of nitrogens with zero attached hydrogens (tertiary/aromatic N) is 1. The maximum atomic E-state index is 9.63. The second-order valence-electron chi connectivity index (χ2n) is 5.01. The summed E-state index contributed by atoms with van der Waals surface area (Å²) in [5.41, 5.74) is 7.48. The zero-order chi connectivity index (χ0) is 12.3. The smallest absolute Gasteiger partial charge is 0.149 e. The second-order valence-corrected chi connectivity index (χ2v) is 5.01. The molecular weight excluding hydrogens is 214 g/mol. The van der Waals surface area contributed by atoms with Crippen LogP contribution in [-0.4, -0.2) is 22.2 Å². The molecule has 4 N–H and O–H groups in total. The number of anilines is 2. The van der Waals surface area contributed by atoms with Crippen molar-refractivity contribution in [2.75, 3.05) is 17.7 Å². The van der Waals surface area contributed by atoms with Gasteiger partial charge in [-0.3, -0.25) is 0 Å². The van der Waals surface area contributed by atoms with E-state index in [-0.39, 0.29) is 12.1 Å². The third-order valence-corrected chi connectivity index (χ3v) is 3.71. The highest BCUT2D eigenvalue weighted by molar-refractivity contribution is 5.65. The summed E-state index contributed by atoms with van der Waals surface area (Å²) in [7, 11) is 0. The first kappa shape index (κ1) is 12.2. The van der Waals surface area contributed by atoms with Crippen molar-refractivity contribution < 1.29 is 5.11 Å². The molecule has 94 valence electrons. The number of hydrogen-bond acceptors (Lipinski definition) is 4. The Labute approximate surface area is 102 Å². The first-order chi connectivity index (χ1) is 8.17. The average Bonchev–Trinajstić information content (AvgIpc) is 2.36. The first-order valence-electron chi connectivity index (χ1n) is 6.27. The van der Waals surface area contributed by atoms with Crippen LogP contribution in [0.4, 0.5) is 11.5 Å². The van der Waals surface area contributed by atoms with Gasteiger partial charge in [-0.2, -0.15) is 0 Å². The number of nitrogen functional groups attached to an aromatic ring is 1. The van der Waals surface area contributed by atoms with E-state index in [1.54, 1.807) is 6.20 Å². The topological polar surface area (TPSA) is 71.2 Å². The number of hydrogen-bond donors (Lipinski definition) is 3. The van der Waals surface area contributed by atoms with Crippen molar-refractivity contribution in [2.24, 2.45) is 0 Å². The molecule has 1 aromatic heterocycles. The average molecular weight is 235 g/mol. The van der Waals surface area contributed by atoms with Crippen molar-refractivity contribution in [2.45, 2.75) is 44.6 Å². The van der Waals surface area contributed by atoms with Gasteiger partial charge < -0.3 is 16.2 Å². The summed E-state index contributed by atoms with van der Waals surface area (Å²) in [5, 5.41) is 13.0. The number of nitrogens with one attached hydrogen (secondary N) is 1. The number of aliphatic hydroxyl groups is 1. The van der Waals surface area contributed by atoms with Crippen molar-refractivity contribution in [1.29, 1.82) is 0 Å². The van der Waals surface area contributed by atoms with E-state index in [0.717, 1.165) is 31.2 Å². The third-order valence-electron chi connectivity index (χ3n) is 3.71. The lowest BCUT2D eigenvalue weighted by Crippen LogP contribution is -2.44. The summed E-state index contributed by atoms with van der Waals surface area (Å²) in [6.07, 6.45) is 7.28. The molecule has 0 atom stereocenters. The van der Waals surface area contributed by atoms with Gasteiger partial charge in [0.25, 0.3) is 0 Å². The van der Waals surface area contributed by atoms with E-state index in [0.29, 0.717) is 11.5 Å². The van der Waals surface area contributed by atoms with Gasteiger partial charge in [0.15, 0.2) is 0 Å². The zero-order valence-electron chi connectivity index (χ0n) is 10.4. The van der Waals surface area contributed by atoms with Crippen molar-refractivity contribution in [1.82, 2.24) is 4.98 Å². The number of aryl methyl sites for hydroxylation is 1. The lowest BCUT2D eigenvalue weighted by molar-refractivity contribution is 0.172. The minimum absolute atomic E-state index is 0.141. The predicted octanol–water partition coefficient (Wildman–Crippen LogP) is 2.08. The van der Waals surface area contributed by atoms with Crippen LogP contribution in [0.25, 0.3) is 0 Å². The maximum Gasteiger partial charge on any atom is 0.149 e. The molecule has 0 unspecified atom stereocenters. The lowest BCUT2D eigenvalue weighted by atomic mass is 9.82. The Bertz CT molecular complexity index is 386. The van der Waals surface area contributed by atoms with Gasteiger partial charge >= 0.3 is 0 Å². The van der Waals surface area contributed by atoms with Gasteiger partial charge in [0.1, 0.15) is 5.82 Å². The van der Waals surface area contributed by atoms with Gasteiger partial charge in [-0.25, -0.2) is 4.98 Å². The van der Waals surface area contributed by atoms with Crippen molar-refractivity contribution in [3.63, 3.8) is 0 Å². The number of pyridine rings is 1. The number of rotatable bonds is 3. The minimum atomic E-state index is -0.229. The standard InChI is InChI=1S/C13H21N3O/c1-10-5-8-15-12(11(10)14)16-13(9-17)6-3-2-4-7-13/h5,8,17H,2-4,6-7,9,14H2,1H3,(H,15,16). The lowest BCUT2D eigenvalue weighted by Gasteiger charge is -2.37. The Balaban J connectivity index is 2.20. The first-order valence-corrected chi connectivity index (χ1v) is 6.27. The molecule has 0 spiro atoms. The molecule has 1 saturated carbocycles. The fourth-order valence-corrected chi connectivity index (χ4v) is 2.47. The van der Waals surface area contributed by atoms with E-state index in [9.17, 15) is 5.11 Å². The normalized spacial score (nSPS) is 18.9. The molecule has 4 nitrogen and oxygen atoms in total. The second kappa shape index (κ2) is 4.92. The molecule has 0 aromatic carbocycles. The Hall–Kier alpha value is -1.29. The van der Waals surface area contributed by atoms with E-state index in [4.69, 9.17) is 5.73 Å². The molecule has 0 bridgehead atoms. The van der Waals surface area contributed by atoms with Crippen LogP contribution in [0.2, 0.25) is 0 Å². The summed E-state index contributed by atoms with van der Waals surface area (Å²) in [6.45, 7) is 2.11. The Morgan fingerprint density at radius 3 is 2.76 bits per heavy atom. The predicted molar refractivity (Wildman–Crippen MR) is 69.9 cm³/mol. The molecule has 4 heteroatoms. The fourth-order valence-electron chi connectivity index (χ4n) is 2.47. The molecule has 1 fully saturated rings. The molecule has 2 rings (SSSR count). The minimum Gasteiger partial charge on any atom is -0.396 e. The van der Waals surface area contributed by atoms with Gasteiger partial charge in [-0.1, -0.05) is 19.3 Å². The summed E-state index contributed by atoms with van der Waals surface area (Å²) >= 11 is 0. The number of aromatic nitrogens is 1. The van der Waals surface area contributed by atoms with Crippen LogP contribution in [0.5, 0.6) is 0 Å². The van der Waals surface area contributed by atoms with E-state index in [1.165, 1.54) is 6.42 Å². The van der Waals surface area contributed by atoms with Crippen LogP contribution in [0.3, 0.4) is 0 Å². The zero-order valence-corrected chi connectivity index (χ0v) is 10.4. The van der Waals surface area contributed by atoms with Gasteiger partial charge in [-0.15, -0.1) is 0 Å². The third kappa shape index (κ3) is 2.52. The van der Waals surface area contributed by atoms with E-state index in [1.807, 2.05) is 13.0 Å².